The molecular formula is C18H32BrNO4Si. The largest absolute Gasteiger partial charge is 0.478 e. The van der Waals surface area contributed by atoms with Crippen LogP contribution in [0.5, 0.6) is 0 Å². The first-order valence-corrected chi connectivity index (χ1v) is 12.5. The molecule has 1 heterocycles. The number of hydrogen-bond acceptors (Lipinski definition) is 5. The molecule has 0 aliphatic carbocycles. The van der Waals surface area contributed by atoms with Gasteiger partial charge in [0.15, 0.2) is 20.3 Å². The van der Waals surface area contributed by atoms with Crippen LogP contribution in [0.3, 0.4) is 0 Å². The number of esters is 1. The average molecular weight is 434 g/mol. The lowest BCUT2D eigenvalue weighted by atomic mass is 10.1. The van der Waals surface area contributed by atoms with E-state index in [2.05, 4.69) is 60.9 Å². The molecule has 0 saturated carbocycles. The van der Waals surface area contributed by atoms with Crippen molar-refractivity contribution in [2.75, 3.05) is 13.7 Å². The quantitative estimate of drug-likeness (QED) is 0.406. The minimum atomic E-state index is -1.84. The van der Waals surface area contributed by atoms with E-state index in [1.807, 2.05) is 6.92 Å². The number of ether oxygens (including phenoxy) is 2. The van der Waals surface area contributed by atoms with Crippen LogP contribution >= 0.6 is 15.9 Å². The molecule has 1 aliphatic heterocycles. The van der Waals surface area contributed by atoms with Crippen LogP contribution in [0.25, 0.3) is 0 Å². The van der Waals surface area contributed by atoms with Crippen LogP contribution in [0.4, 0.5) is 0 Å². The topological polar surface area (TPSA) is 57.1 Å². The fraction of sp³-hybridized carbons (Fsp3) is 0.778. The standard InChI is InChI=1S/C18H32BrNO4Si/c1-13(19)11-14(24-25(6,7)18(2,3)4)9-8-10-16-20-15(12-23-16)17(21)22-5/h11,14-15H,8-10,12H2,1-7H3/b13-11+/t14-,15-/m0/s1. The van der Waals surface area contributed by atoms with Crippen molar-refractivity contribution in [3.8, 4) is 0 Å². The molecule has 0 saturated heterocycles. The second kappa shape index (κ2) is 9.32. The molecule has 0 spiro atoms. The van der Waals surface area contributed by atoms with E-state index in [0.29, 0.717) is 12.3 Å². The average Bonchev–Trinajstić information content (AvgIpc) is 2.93. The van der Waals surface area contributed by atoms with Gasteiger partial charge >= 0.3 is 5.97 Å². The highest BCUT2D eigenvalue weighted by molar-refractivity contribution is 9.11. The number of hydrogen-bond donors (Lipinski definition) is 0. The number of methoxy groups -OCH3 is 1. The molecule has 144 valence electrons. The van der Waals surface area contributed by atoms with Gasteiger partial charge in [-0.25, -0.2) is 9.79 Å². The first-order valence-electron chi connectivity index (χ1n) is 8.75. The number of halogens is 1. The summed E-state index contributed by atoms with van der Waals surface area (Å²) in [5.74, 6) is 0.299. The molecule has 25 heavy (non-hydrogen) atoms. The Hall–Kier alpha value is -0.663. The maximum atomic E-state index is 11.5. The van der Waals surface area contributed by atoms with Gasteiger partial charge in [-0.05, 0) is 48.5 Å². The fourth-order valence-electron chi connectivity index (χ4n) is 2.26. The summed E-state index contributed by atoms with van der Waals surface area (Å²) in [6.45, 7) is 13.6. The zero-order valence-corrected chi connectivity index (χ0v) is 19.1. The molecule has 0 unspecified atom stereocenters. The van der Waals surface area contributed by atoms with Crippen molar-refractivity contribution in [2.45, 2.75) is 77.2 Å². The van der Waals surface area contributed by atoms with E-state index in [9.17, 15) is 4.79 Å². The SMILES string of the molecule is COC(=O)[C@@H]1COC(CCC[C@@H](/C=C(\C)Br)O[Si](C)(C)C(C)(C)C)=N1. The van der Waals surface area contributed by atoms with Crippen LogP contribution in [0.1, 0.15) is 47.0 Å². The number of allylic oxidation sites excluding steroid dienone is 1. The van der Waals surface area contributed by atoms with Gasteiger partial charge in [0.25, 0.3) is 0 Å². The van der Waals surface area contributed by atoms with E-state index in [4.69, 9.17) is 13.9 Å². The summed E-state index contributed by atoms with van der Waals surface area (Å²) in [6.07, 6.45) is 4.69. The molecule has 0 bridgehead atoms. The molecule has 0 amide bonds. The summed E-state index contributed by atoms with van der Waals surface area (Å²) in [4.78, 5) is 15.8. The highest BCUT2D eigenvalue weighted by atomic mass is 79.9. The van der Waals surface area contributed by atoms with E-state index in [1.54, 1.807) is 0 Å². The van der Waals surface area contributed by atoms with Crippen LogP contribution in [-0.4, -0.2) is 46.0 Å². The normalized spacial score (nSPS) is 20.1. The Morgan fingerprint density at radius 2 is 2.12 bits per heavy atom. The number of aliphatic imine (C=N–C) groups is 1. The molecule has 1 rings (SSSR count). The second-order valence-corrected chi connectivity index (χ2v) is 13.9. The molecule has 7 heteroatoms. The molecule has 1 aliphatic rings. The van der Waals surface area contributed by atoms with Crippen molar-refractivity contribution in [1.29, 1.82) is 0 Å². The van der Waals surface area contributed by atoms with Crippen LogP contribution in [0.2, 0.25) is 18.1 Å². The van der Waals surface area contributed by atoms with Gasteiger partial charge in [-0.1, -0.05) is 36.7 Å². The van der Waals surface area contributed by atoms with E-state index >= 15 is 0 Å². The predicted octanol–water partition coefficient (Wildman–Crippen LogP) is 4.82. The summed E-state index contributed by atoms with van der Waals surface area (Å²) in [5, 5.41) is 0.172. The Morgan fingerprint density at radius 1 is 1.48 bits per heavy atom. The van der Waals surface area contributed by atoms with Gasteiger partial charge in [0.1, 0.15) is 6.61 Å². The molecule has 0 radical (unpaired) electrons. The Kier molecular flexibility index (Phi) is 8.35. The van der Waals surface area contributed by atoms with Crippen molar-refractivity contribution < 1.29 is 18.7 Å². The molecule has 0 fully saturated rings. The van der Waals surface area contributed by atoms with Gasteiger partial charge in [-0.15, -0.1) is 0 Å². The van der Waals surface area contributed by atoms with Gasteiger partial charge in [-0.2, -0.15) is 0 Å². The third-order valence-corrected chi connectivity index (χ3v) is 9.50. The van der Waals surface area contributed by atoms with Crippen molar-refractivity contribution in [3.63, 3.8) is 0 Å². The Balaban J connectivity index is 2.61. The Morgan fingerprint density at radius 3 is 2.64 bits per heavy atom. The summed E-state index contributed by atoms with van der Waals surface area (Å²) in [7, 11) is -0.467. The third kappa shape index (κ3) is 7.23. The van der Waals surface area contributed by atoms with E-state index in [1.165, 1.54) is 7.11 Å². The molecular weight excluding hydrogens is 402 g/mol. The van der Waals surface area contributed by atoms with Crippen LogP contribution in [0, 0.1) is 0 Å². The summed E-state index contributed by atoms with van der Waals surface area (Å²) >= 11 is 3.52. The Labute approximate surface area is 161 Å². The smallest absolute Gasteiger partial charge is 0.334 e. The lowest BCUT2D eigenvalue weighted by Gasteiger charge is -2.38. The molecule has 0 aromatic heterocycles. The predicted molar refractivity (Wildman–Crippen MR) is 108 cm³/mol. The lowest BCUT2D eigenvalue weighted by Crippen LogP contribution is -2.43. The van der Waals surface area contributed by atoms with Crippen LogP contribution < -0.4 is 0 Å². The molecule has 0 aromatic carbocycles. The summed E-state index contributed by atoms with van der Waals surface area (Å²) < 4.78 is 17.8. The lowest BCUT2D eigenvalue weighted by molar-refractivity contribution is -0.142. The van der Waals surface area contributed by atoms with Crippen LogP contribution in [0.15, 0.2) is 15.6 Å². The van der Waals surface area contributed by atoms with E-state index in [-0.39, 0.29) is 23.7 Å². The van der Waals surface area contributed by atoms with Crippen molar-refractivity contribution >= 4 is 36.1 Å². The van der Waals surface area contributed by atoms with Crippen LogP contribution in [-0.2, 0) is 18.7 Å². The van der Waals surface area contributed by atoms with Crippen molar-refractivity contribution in [3.05, 3.63) is 10.6 Å². The fourth-order valence-corrected chi connectivity index (χ4v) is 3.85. The molecule has 5 nitrogen and oxygen atoms in total. The number of carbonyl (C=O) groups is 1. The second-order valence-electron chi connectivity index (χ2n) is 7.94. The van der Waals surface area contributed by atoms with Gasteiger partial charge in [0.05, 0.1) is 13.2 Å². The number of rotatable bonds is 8. The van der Waals surface area contributed by atoms with Gasteiger partial charge in [0.2, 0.25) is 0 Å². The highest BCUT2D eigenvalue weighted by Crippen LogP contribution is 2.38. The summed E-state index contributed by atoms with van der Waals surface area (Å²) in [6, 6.07) is -0.510. The van der Waals surface area contributed by atoms with Crippen molar-refractivity contribution in [2.24, 2.45) is 4.99 Å². The van der Waals surface area contributed by atoms with E-state index < -0.39 is 14.4 Å². The monoisotopic (exact) mass is 433 g/mol. The zero-order chi connectivity index (χ0) is 19.3. The first-order chi connectivity index (χ1) is 11.5. The van der Waals surface area contributed by atoms with Gasteiger partial charge < -0.3 is 13.9 Å². The zero-order valence-electron chi connectivity index (χ0n) is 16.5. The van der Waals surface area contributed by atoms with E-state index in [0.717, 1.165) is 17.3 Å². The maximum absolute atomic E-state index is 11.5. The maximum Gasteiger partial charge on any atom is 0.334 e. The minimum absolute atomic E-state index is 0.0682. The third-order valence-electron chi connectivity index (χ3n) is 4.73. The van der Waals surface area contributed by atoms with Gasteiger partial charge in [-0.3, -0.25) is 0 Å². The van der Waals surface area contributed by atoms with Gasteiger partial charge in [0, 0.05) is 6.42 Å². The molecule has 2 atom stereocenters. The summed E-state index contributed by atoms with van der Waals surface area (Å²) in [5.41, 5.74) is 0. The molecule has 0 N–H and O–H groups in total. The first kappa shape index (κ1) is 22.4. The minimum Gasteiger partial charge on any atom is -0.478 e. The highest BCUT2D eigenvalue weighted by Gasteiger charge is 2.38. The number of carbonyl (C=O) groups excluding carboxylic acids is 1. The van der Waals surface area contributed by atoms with Crippen molar-refractivity contribution in [1.82, 2.24) is 0 Å². The number of nitrogens with zero attached hydrogens (tertiary/aromatic N) is 1. The molecule has 0 aromatic rings. The Bertz CT molecular complexity index is 522.